The highest BCUT2D eigenvalue weighted by molar-refractivity contribution is 5.69. The second kappa shape index (κ2) is 21.5. The Morgan fingerprint density at radius 3 is 2.00 bits per heavy atom. The van der Waals surface area contributed by atoms with Crippen molar-refractivity contribution in [2.75, 3.05) is 13.2 Å². The van der Waals surface area contributed by atoms with E-state index in [9.17, 15) is 4.79 Å². The van der Waals surface area contributed by atoms with Crippen molar-refractivity contribution in [3.8, 4) is 0 Å². The highest BCUT2D eigenvalue weighted by atomic mass is 16.5. The average Bonchev–Trinajstić information content (AvgIpc) is 2.65. The number of carbonyl (C=O) groups is 1. The highest BCUT2D eigenvalue weighted by Gasteiger charge is 2.05. The number of unbranched alkanes of at least 4 members (excludes halogenated alkanes) is 11. The first kappa shape index (κ1) is 26.2. The van der Waals surface area contributed by atoms with Crippen molar-refractivity contribution in [3.05, 3.63) is 12.2 Å². The molecule has 3 heteroatoms. The summed E-state index contributed by atoms with van der Waals surface area (Å²) in [6, 6.07) is 0. The summed E-state index contributed by atoms with van der Waals surface area (Å²) < 4.78 is 5.25. The van der Waals surface area contributed by atoms with Crippen LogP contribution in [0.2, 0.25) is 0 Å². The minimum Gasteiger partial charge on any atom is -0.466 e. The molecule has 0 aromatic heterocycles. The zero-order chi connectivity index (χ0) is 20.0. The van der Waals surface area contributed by atoms with Crippen LogP contribution in [0, 0.1) is 5.92 Å². The monoisotopic (exact) mass is 382 g/mol. The van der Waals surface area contributed by atoms with Crippen LogP contribution < -0.4 is 0 Å². The summed E-state index contributed by atoms with van der Waals surface area (Å²) in [6.45, 7) is 5.05. The normalized spacial score (nSPS) is 12.6. The van der Waals surface area contributed by atoms with Crippen molar-refractivity contribution >= 4 is 5.97 Å². The molecule has 3 nitrogen and oxygen atoms in total. The van der Waals surface area contributed by atoms with E-state index >= 15 is 0 Å². The average molecular weight is 383 g/mol. The second-order valence-corrected chi connectivity index (χ2v) is 7.96. The van der Waals surface area contributed by atoms with Gasteiger partial charge in [0.05, 0.1) is 6.61 Å². The molecule has 1 unspecified atom stereocenters. The summed E-state index contributed by atoms with van der Waals surface area (Å²) >= 11 is 0. The molecule has 0 rings (SSSR count). The number of hydrogen-bond donors (Lipinski definition) is 1. The molecular weight excluding hydrogens is 336 g/mol. The van der Waals surface area contributed by atoms with Gasteiger partial charge in [-0.3, -0.25) is 4.79 Å². The zero-order valence-corrected chi connectivity index (χ0v) is 18.2. The van der Waals surface area contributed by atoms with Crippen molar-refractivity contribution in [2.24, 2.45) is 5.92 Å². The first-order chi connectivity index (χ1) is 13.2. The van der Waals surface area contributed by atoms with E-state index in [0.29, 0.717) is 18.9 Å². The molecule has 0 amide bonds. The Morgan fingerprint density at radius 1 is 0.852 bits per heavy atom. The van der Waals surface area contributed by atoms with Gasteiger partial charge in [-0.05, 0) is 50.9 Å². The molecule has 0 saturated heterocycles. The summed E-state index contributed by atoms with van der Waals surface area (Å²) in [5.74, 6) is 0.353. The summed E-state index contributed by atoms with van der Waals surface area (Å²) in [4.78, 5) is 11.6. The quantitative estimate of drug-likeness (QED) is 0.140. The summed E-state index contributed by atoms with van der Waals surface area (Å²) in [6.07, 6.45) is 23.4. The minimum absolute atomic E-state index is 0.0659. The molecule has 0 aromatic carbocycles. The lowest BCUT2D eigenvalue weighted by Gasteiger charge is -2.09. The lowest BCUT2D eigenvalue weighted by molar-refractivity contribution is -0.144. The van der Waals surface area contributed by atoms with Gasteiger partial charge in [0.15, 0.2) is 0 Å². The first-order valence-electron chi connectivity index (χ1n) is 11.6. The molecule has 1 N–H and O–H groups in total. The lowest BCUT2D eigenvalue weighted by Crippen LogP contribution is -2.09. The SMILES string of the molecule is CCCCCCCC/C=C\CCCCCCCC(=O)OCCC(C)CCO. The molecular formula is C24H46O3. The molecule has 0 spiro atoms. The molecule has 0 bridgehead atoms. The molecule has 1 atom stereocenters. The van der Waals surface area contributed by atoms with Gasteiger partial charge < -0.3 is 9.84 Å². The van der Waals surface area contributed by atoms with Gasteiger partial charge in [-0.1, -0.05) is 77.4 Å². The lowest BCUT2D eigenvalue weighted by atomic mass is 10.1. The number of aliphatic hydroxyl groups is 1. The van der Waals surface area contributed by atoms with Crippen LogP contribution in [-0.4, -0.2) is 24.3 Å². The molecule has 27 heavy (non-hydrogen) atoms. The molecule has 0 saturated carbocycles. The number of hydrogen-bond acceptors (Lipinski definition) is 3. The van der Waals surface area contributed by atoms with E-state index in [1.165, 1.54) is 70.6 Å². The summed E-state index contributed by atoms with van der Waals surface area (Å²) in [5.41, 5.74) is 0. The van der Waals surface area contributed by atoms with Gasteiger partial charge in [-0.15, -0.1) is 0 Å². The van der Waals surface area contributed by atoms with E-state index in [4.69, 9.17) is 9.84 Å². The molecule has 160 valence electrons. The van der Waals surface area contributed by atoms with Gasteiger partial charge in [0.25, 0.3) is 0 Å². The largest absolute Gasteiger partial charge is 0.466 e. The van der Waals surface area contributed by atoms with Gasteiger partial charge in [0, 0.05) is 13.0 Å². The fraction of sp³-hybridized carbons (Fsp3) is 0.875. The molecule has 0 aliphatic heterocycles. The van der Waals surface area contributed by atoms with E-state index < -0.39 is 0 Å². The van der Waals surface area contributed by atoms with Crippen LogP contribution in [-0.2, 0) is 9.53 Å². The fourth-order valence-corrected chi connectivity index (χ4v) is 3.15. The van der Waals surface area contributed by atoms with Crippen molar-refractivity contribution in [3.63, 3.8) is 0 Å². The Labute approximate surface area is 169 Å². The van der Waals surface area contributed by atoms with Crippen molar-refractivity contribution in [1.82, 2.24) is 0 Å². The summed E-state index contributed by atoms with van der Waals surface area (Å²) in [5, 5.41) is 8.84. The van der Waals surface area contributed by atoms with E-state index in [1.807, 2.05) is 0 Å². The number of allylic oxidation sites excluding steroid dienone is 2. The number of carbonyl (C=O) groups excluding carboxylic acids is 1. The predicted octanol–water partition coefficient (Wildman–Crippen LogP) is 6.98. The maximum atomic E-state index is 11.6. The van der Waals surface area contributed by atoms with Crippen LogP contribution in [0.25, 0.3) is 0 Å². The summed E-state index contributed by atoms with van der Waals surface area (Å²) in [7, 11) is 0. The van der Waals surface area contributed by atoms with Crippen molar-refractivity contribution < 1.29 is 14.6 Å². The van der Waals surface area contributed by atoms with Crippen LogP contribution in [0.3, 0.4) is 0 Å². The van der Waals surface area contributed by atoms with Gasteiger partial charge >= 0.3 is 5.97 Å². The minimum atomic E-state index is -0.0659. The van der Waals surface area contributed by atoms with Crippen LogP contribution in [0.15, 0.2) is 12.2 Å². The Morgan fingerprint density at radius 2 is 1.41 bits per heavy atom. The molecule has 0 aromatic rings. The molecule has 0 fully saturated rings. The second-order valence-electron chi connectivity index (χ2n) is 7.96. The van der Waals surface area contributed by atoms with Crippen LogP contribution >= 0.6 is 0 Å². The van der Waals surface area contributed by atoms with E-state index in [2.05, 4.69) is 26.0 Å². The maximum absolute atomic E-state index is 11.6. The van der Waals surface area contributed by atoms with Crippen LogP contribution in [0.5, 0.6) is 0 Å². The van der Waals surface area contributed by atoms with Crippen molar-refractivity contribution in [2.45, 2.75) is 117 Å². The zero-order valence-electron chi connectivity index (χ0n) is 18.2. The van der Waals surface area contributed by atoms with Gasteiger partial charge in [-0.2, -0.15) is 0 Å². The van der Waals surface area contributed by atoms with E-state index in [0.717, 1.165) is 25.7 Å². The fourth-order valence-electron chi connectivity index (χ4n) is 3.15. The van der Waals surface area contributed by atoms with E-state index in [1.54, 1.807) is 0 Å². The standard InChI is InChI=1S/C24H46O3/c1-3-4-5-6-7-8-9-10-11-12-13-14-15-16-17-18-24(26)27-22-20-23(2)19-21-25/h10-11,23,25H,3-9,12-22H2,1-2H3/b11-10-. The third-order valence-electron chi connectivity index (χ3n) is 5.14. The molecule has 0 heterocycles. The maximum Gasteiger partial charge on any atom is 0.305 e. The van der Waals surface area contributed by atoms with Crippen molar-refractivity contribution in [1.29, 1.82) is 0 Å². The smallest absolute Gasteiger partial charge is 0.305 e. The number of rotatable bonds is 20. The first-order valence-corrected chi connectivity index (χ1v) is 11.6. The van der Waals surface area contributed by atoms with Gasteiger partial charge in [0.1, 0.15) is 0 Å². The number of aliphatic hydroxyl groups excluding tert-OH is 1. The highest BCUT2D eigenvalue weighted by Crippen LogP contribution is 2.11. The Balaban J connectivity index is 3.25. The topological polar surface area (TPSA) is 46.5 Å². The third kappa shape index (κ3) is 21.3. The Hall–Kier alpha value is -0.830. The van der Waals surface area contributed by atoms with Crippen LogP contribution in [0.4, 0.5) is 0 Å². The number of esters is 1. The van der Waals surface area contributed by atoms with E-state index in [-0.39, 0.29) is 12.6 Å². The molecule has 0 aliphatic carbocycles. The van der Waals surface area contributed by atoms with Crippen LogP contribution in [0.1, 0.15) is 117 Å². The Kier molecular flexibility index (Phi) is 20.8. The van der Waals surface area contributed by atoms with Gasteiger partial charge in [-0.25, -0.2) is 0 Å². The number of ether oxygens (including phenoxy) is 1. The Bertz CT molecular complexity index is 339. The molecule has 0 aliphatic rings. The van der Waals surface area contributed by atoms with Gasteiger partial charge in [0.2, 0.25) is 0 Å². The third-order valence-corrected chi connectivity index (χ3v) is 5.14. The predicted molar refractivity (Wildman–Crippen MR) is 116 cm³/mol. The molecule has 0 radical (unpaired) electrons.